The largest absolute Gasteiger partial charge is 0.485 e. The molecule has 0 aliphatic rings. The van der Waals surface area contributed by atoms with Gasteiger partial charge in [-0.1, -0.05) is 17.7 Å². The molecule has 2 aromatic heterocycles. The summed E-state index contributed by atoms with van der Waals surface area (Å²) in [5, 5.41) is 5.99. The quantitative estimate of drug-likeness (QED) is 0.345. The zero-order chi connectivity index (χ0) is 24.2. The zero-order valence-electron chi connectivity index (χ0n) is 18.8. The monoisotopic (exact) mass is 498 g/mol. The van der Waals surface area contributed by atoms with E-state index in [0.717, 1.165) is 4.90 Å². The van der Waals surface area contributed by atoms with E-state index in [-0.39, 0.29) is 18.2 Å². The lowest BCUT2D eigenvalue weighted by atomic mass is 10.3. The second-order valence-electron chi connectivity index (χ2n) is 7.66. The van der Waals surface area contributed by atoms with Crippen molar-refractivity contribution < 1.29 is 9.53 Å². The van der Waals surface area contributed by atoms with Crippen molar-refractivity contribution in [2.45, 2.75) is 31.4 Å². The summed E-state index contributed by atoms with van der Waals surface area (Å²) < 4.78 is 9.00. The number of thioether (sulfide) groups is 1. The molecule has 9 nitrogen and oxygen atoms in total. The number of halogens is 1. The Hall–Kier alpha value is -3.50. The van der Waals surface area contributed by atoms with Crippen molar-refractivity contribution in [3.63, 3.8) is 0 Å². The lowest BCUT2D eigenvalue weighted by Crippen LogP contribution is -2.23. The number of hydrogen-bond acceptors (Lipinski definition) is 6. The molecule has 176 valence electrons. The summed E-state index contributed by atoms with van der Waals surface area (Å²) >= 11 is 7.72. The van der Waals surface area contributed by atoms with E-state index in [9.17, 15) is 9.59 Å². The van der Waals surface area contributed by atoms with Crippen LogP contribution in [0, 0.1) is 0 Å². The van der Waals surface area contributed by atoms with Gasteiger partial charge in [0, 0.05) is 27.7 Å². The van der Waals surface area contributed by atoms with Crippen LogP contribution in [0.3, 0.4) is 0 Å². The molecular formula is C23H23ClN6O3S. The molecule has 2 heterocycles. The molecule has 34 heavy (non-hydrogen) atoms. The Morgan fingerprint density at radius 1 is 1.18 bits per heavy atom. The SMILES string of the molecule is CSc1cccc(NC(=O)Nc2cc(Cl)ccc2OCc2cc(=O)n3c(ncn3C(C)C)n2)c1. The van der Waals surface area contributed by atoms with E-state index in [4.69, 9.17) is 16.3 Å². The van der Waals surface area contributed by atoms with Crippen LogP contribution in [0.1, 0.15) is 25.6 Å². The van der Waals surface area contributed by atoms with Crippen LogP contribution < -0.4 is 20.9 Å². The lowest BCUT2D eigenvalue weighted by Gasteiger charge is -2.14. The van der Waals surface area contributed by atoms with Crippen LogP contribution in [0.15, 0.2) is 64.5 Å². The van der Waals surface area contributed by atoms with Crippen molar-refractivity contribution in [3.05, 3.63) is 75.9 Å². The van der Waals surface area contributed by atoms with Crippen molar-refractivity contribution in [2.75, 3.05) is 16.9 Å². The average molecular weight is 499 g/mol. The summed E-state index contributed by atoms with van der Waals surface area (Å²) in [6.45, 7) is 3.92. The van der Waals surface area contributed by atoms with Crippen LogP contribution in [-0.2, 0) is 6.61 Å². The van der Waals surface area contributed by atoms with Crippen LogP contribution in [0.4, 0.5) is 16.2 Å². The van der Waals surface area contributed by atoms with Crippen molar-refractivity contribution in [3.8, 4) is 5.75 Å². The van der Waals surface area contributed by atoms with Crippen molar-refractivity contribution in [1.82, 2.24) is 19.2 Å². The van der Waals surface area contributed by atoms with Gasteiger partial charge in [0.15, 0.2) is 0 Å². The number of anilines is 2. The smallest absolute Gasteiger partial charge is 0.323 e. The van der Waals surface area contributed by atoms with E-state index in [1.165, 1.54) is 10.6 Å². The zero-order valence-corrected chi connectivity index (χ0v) is 20.4. The normalized spacial score (nSPS) is 11.1. The number of nitrogens with one attached hydrogen (secondary N) is 2. The van der Waals surface area contributed by atoms with Crippen molar-refractivity contribution >= 4 is 46.5 Å². The number of urea groups is 1. The number of hydrogen-bond donors (Lipinski definition) is 2. The summed E-state index contributed by atoms with van der Waals surface area (Å²) in [5.74, 6) is 0.674. The van der Waals surface area contributed by atoms with E-state index < -0.39 is 6.03 Å². The topological polar surface area (TPSA) is 103 Å². The van der Waals surface area contributed by atoms with E-state index in [1.54, 1.807) is 47.0 Å². The minimum atomic E-state index is -0.442. The maximum absolute atomic E-state index is 12.6. The van der Waals surface area contributed by atoms with Gasteiger partial charge in [-0.25, -0.2) is 9.78 Å². The Morgan fingerprint density at radius 2 is 2.00 bits per heavy atom. The maximum atomic E-state index is 12.6. The molecule has 0 fully saturated rings. The lowest BCUT2D eigenvalue weighted by molar-refractivity contribution is 0.261. The molecule has 0 aliphatic carbocycles. The van der Waals surface area contributed by atoms with E-state index >= 15 is 0 Å². The molecule has 0 unspecified atom stereocenters. The Labute approximate surface area is 205 Å². The van der Waals surface area contributed by atoms with Crippen LogP contribution >= 0.6 is 23.4 Å². The van der Waals surface area contributed by atoms with Crippen molar-refractivity contribution in [2.24, 2.45) is 0 Å². The van der Waals surface area contributed by atoms with E-state index in [2.05, 4.69) is 20.6 Å². The molecule has 0 saturated carbocycles. The number of ether oxygens (including phenoxy) is 1. The molecular weight excluding hydrogens is 476 g/mol. The van der Waals surface area contributed by atoms with Gasteiger partial charge in [-0.3, -0.25) is 9.48 Å². The fourth-order valence-corrected chi connectivity index (χ4v) is 3.91. The third kappa shape index (κ3) is 5.35. The number of benzene rings is 2. The van der Waals surface area contributed by atoms with E-state index in [0.29, 0.717) is 33.6 Å². The van der Waals surface area contributed by atoms with Crippen LogP contribution in [-0.4, -0.2) is 31.5 Å². The van der Waals surface area contributed by atoms with E-state index in [1.807, 2.05) is 38.3 Å². The summed E-state index contributed by atoms with van der Waals surface area (Å²) in [6, 6.07) is 13.4. The highest BCUT2D eigenvalue weighted by molar-refractivity contribution is 7.98. The van der Waals surface area contributed by atoms with Crippen LogP contribution in [0.2, 0.25) is 5.02 Å². The molecule has 2 amide bonds. The highest BCUT2D eigenvalue weighted by Gasteiger charge is 2.13. The number of carbonyl (C=O) groups excluding carboxylic acids is 1. The first kappa shape index (κ1) is 23.7. The third-order valence-electron chi connectivity index (χ3n) is 4.88. The molecule has 2 N–H and O–H groups in total. The highest BCUT2D eigenvalue weighted by atomic mass is 35.5. The number of fused-ring (bicyclic) bond motifs is 1. The standard InChI is InChI=1S/C23H23ClN6O3S/c1-14(2)29-13-25-22-26-17(11-21(31)30(22)29)12-33-20-8-7-15(24)9-19(20)28-23(32)27-16-5-4-6-18(10-16)34-3/h4-11,13-14H,12H2,1-3H3,(H2,27,28,32). The molecule has 0 saturated heterocycles. The first-order valence-electron chi connectivity index (χ1n) is 10.4. The minimum Gasteiger partial charge on any atom is -0.485 e. The molecule has 4 aromatic rings. The average Bonchev–Trinajstić information content (AvgIpc) is 3.23. The molecule has 0 atom stereocenters. The molecule has 2 aromatic carbocycles. The molecule has 4 rings (SSSR count). The Balaban J connectivity index is 1.50. The van der Waals surface area contributed by atoms with Gasteiger partial charge >= 0.3 is 6.03 Å². The van der Waals surface area contributed by atoms with Gasteiger partial charge in [-0.05, 0) is 56.5 Å². The first-order chi connectivity index (χ1) is 16.3. The Bertz CT molecular complexity index is 1400. The summed E-state index contributed by atoms with van der Waals surface area (Å²) in [4.78, 5) is 34.8. The van der Waals surface area contributed by atoms with Gasteiger partial charge in [0.05, 0.1) is 11.4 Å². The van der Waals surface area contributed by atoms with Crippen LogP contribution in [0.5, 0.6) is 5.75 Å². The molecule has 0 bridgehead atoms. The Morgan fingerprint density at radius 3 is 2.76 bits per heavy atom. The number of nitrogens with zero attached hydrogens (tertiary/aromatic N) is 4. The fourth-order valence-electron chi connectivity index (χ4n) is 3.27. The summed E-state index contributed by atoms with van der Waals surface area (Å²) in [6.07, 6.45) is 3.54. The Kier molecular flexibility index (Phi) is 7.09. The number of carbonyl (C=O) groups is 1. The third-order valence-corrected chi connectivity index (χ3v) is 5.84. The van der Waals surface area contributed by atoms with Gasteiger partial charge in [-0.15, -0.1) is 11.8 Å². The molecule has 0 spiro atoms. The number of amides is 2. The second kappa shape index (κ2) is 10.2. The van der Waals surface area contributed by atoms with Gasteiger partial charge in [0.2, 0.25) is 0 Å². The predicted octanol–water partition coefficient (Wildman–Crippen LogP) is 5.07. The van der Waals surface area contributed by atoms with Gasteiger partial charge < -0.3 is 15.4 Å². The fraction of sp³-hybridized carbons (Fsp3) is 0.217. The van der Waals surface area contributed by atoms with Crippen LogP contribution in [0.25, 0.3) is 5.78 Å². The highest BCUT2D eigenvalue weighted by Crippen LogP contribution is 2.29. The second-order valence-corrected chi connectivity index (χ2v) is 8.97. The van der Waals surface area contributed by atoms with Gasteiger partial charge in [0.25, 0.3) is 11.3 Å². The minimum absolute atomic E-state index is 0.00792. The first-order valence-corrected chi connectivity index (χ1v) is 12.0. The number of rotatable bonds is 7. The van der Waals surface area contributed by atoms with Gasteiger partial charge in [0.1, 0.15) is 18.7 Å². The molecule has 11 heteroatoms. The maximum Gasteiger partial charge on any atom is 0.323 e. The number of aromatic nitrogens is 4. The predicted molar refractivity (Wildman–Crippen MR) is 134 cm³/mol. The summed E-state index contributed by atoms with van der Waals surface area (Å²) in [7, 11) is 0. The summed E-state index contributed by atoms with van der Waals surface area (Å²) in [5.41, 5.74) is 1.20. The van der Waals surface area contributed by atoms with Crippen molar-refractivity contribution in [1.29, 1.82) is 0 Å². The van der Waals surface area contributed by atoms with Gasteiger partial charge in [-0.2, -0.15) is 9.50 Å². The molecule has 0 aliphatic heterocycles. The molecule has 0 radical (unpaired) electrons.